The Morgan fingerprint density at radius 2 is 1.82 bits per heavy atom. The topological polar surface area (TPSA) is 52.0 Å². The summed E-state index contributed by atoms with van der Waals surface area (Å²) >= 11 is 1.60. The molecule has 1 aliphatic heterocycles. The second-order valence-electron chi connectivity index (χ2n) is 5.82. The zero-order valence-corrected chi connectivity index (χ0v) is 12.6. The lowest BCUT2D eigenvalue weighted by Gasteiger charge is -2.09. The normalized spacial score (nSPS) is 15.7. The van der Waals surface area contributed by atoms with Gasteiger partial charge in [0.05, 0.1) is 10.9 Å². The van der Waals surface area contributed by atoms with Crippen molar-refractivity contribution in [3.05, 3.63) is 50.6 Å². The van der Waals surface area contributed by atoms with E-state index in [1.165, 1.54) is 4.88 Å². The van der Waals surface area contributed by atoms with Crippen LogP contribution in [0.1, 0.15) is 33.6 Å². The Labute approximate surface area is 130 Å². The van der Waals surface area contributed by atoms with Crippen molar-refractivity contribution in [2.75, 3.05) is 0 Å². The second kappa shape index (κ2) is 4.14. The predicted octanol–water partition coefficient (Wildman–Crippen LogP) is 3.01. The Balaban J connectivity index is 1.95. The summed E-state index contributed by atoms with van der Waals surface area (Å²) in [6.07, 6.45) is 4.19. The number of hydrogen-bond donors (Lipinski definition) is 0. The molecule has 1 aliphatic carbocycles. The SMILES string of the molecule is O=C1c2ccccc2-c2nc(=O)c3c4c(sc3n21)CCCC4. The minimum atomic E-state index is -0.190. The summed E-state index contributed by atoms with van der Waals surface area (Å²) in [4.78, 5) is 31.6. The van der Waals surface area contributed by atoms with Gasteiger partial charge < -0.3 is 0 Å². The number of hydrogen-bond acceptors (Lipinski definition) is 4. The molecule has 0 N–H and O–H groups in total. The summed E-state index contributed by atoms with van der Waals surface area (Å²) in [6.45, 7) is 0. The monoisotopic (exact) mass is 308 g/mol. The van der Waals surface area contributed by atoms with Gasteiger partial charge in [-0.2, -0.15) is 4.98 Å². The van der Waals surface area contributed by atoms with Crippen LogP contribution in [0, 0.1) is 0 Å². The highest BCUT2D eigenvalue weighted by Crippen LogP contribution is 2.39. The second-order valence-corrected chi connectivity index (χ2v) is 6.90. The molecule has 5 rings (SSSR count). The van der Waals surface area contributed by atoms with Gasteiger partial charge in [0.25, 0.3) is 11.5 Å². The molecular formula is C17H12N2O2S. The van der Waals surface area contributed by atoms with E-state index < -0.39 is 0 Å². The van der Waals surface area contributed by atoms with E-state index in [9.17, 15) is 9.59 Å². The summed E-state index contributed by atoms with van der Waals surface area (Å²) in [6, 6.07) is 7.38. The molecular weight excluding hydrogens is 296 g/mol. The number of carbonyl (C=O) groups is 1. The maximum atomic E-state index is 12.8. The summed E-state index contributed by atoms with van der Waals surface area (Å²) in [5, 5.41) is 0.671. The average molecular weight is 308 g/mol. The molecule has 0 saturated carbocycles. The molecule has 2 aromatic heterocycles. The van der Waals surface area contributed by atoms with Gasteiger partial charge in [-0.1, -0.05) is 18.2 Å². The number of carbonyl (C=O) groups excluding carboxylic acids is 1. The van der Waals surface area contributed by atoms with Crippen LogP contribution in [0.25, 0.3) is 21.6 Å². The highest BCUT2D eigenvalue weighted by molar-refractivity contribution is 7.19. The lowest BCUT2D eigenvalue weighted by atomic mass is 9.97. The fraction of sp³-hybridized carbons (Fsp3) is 0.235. The van der Waals surface area contributed by atoms with Gasteiger partial charge in [0, 0.05) is 10.4 Å². The first-order valence-corrected chi connectivity index (χ1v) is 8.29. The smallest absolute Gasteiger partial charge is 0.268 e. The van der Waals surface area contributed by atoms with Crippen LogP contribution < -0.4 is 5.56 Å². The van der Waals surface area contributed by atoms with E-state index in [0.29, 0.717) is 16.8 Å². The van der Waals surface area contributed by atoms with Crippen molar-refractivity contribution in [1.82, 2.24) is 9.55 Å². The van der Waals surface area contributed by atoms with Crippen LogP contribution in [-0.4, -0.2) is 15.5 Å². The van der Waals surface area contributed by atoms with E-state index >= 15 is 0 Å². The molecule has 0 amide bonds. The third-order valence-corrected chi connectivity index (χ3v) is 5.87. The fourth-order valence-electron chi connectivity index (χ4n) is 3.58. The van der Waals surface area contributed by atoms with Crippen molar-refractivity contribution >= 4 is 27.5 Å². The predicted molar refractivity (Wildman–Crippen MR) is 85.7 cm³/mol. The maximum Gasteiger partial charge on any atom is 0.282 e. The Morgan fingerprint density at radius 1 is 1.05 bits per heavy atom. The fourth-order valence-corrected chi connectivity index (χ4v) is 4.96. The minimum absolute atomic E-state index is 0.0679. The molecule has 0 unspecified atom stereocenters. The molecule has 0 saturated heterocycles. The lowest BCUT2D eigenvalue weighted by Crippen LogP contribution is -2.16. The number of rotatable bonds is 0. The van der Waals surface area contributed by atoms with Gasteiger partial charge in [-0.15, -0.1) is 11.3 Å². The molecule has 0 spiro atoms. The molecule has 22 heavy (non-hydrogen) atoms. The van der Waals surface area contributed by atoms with E-state index in [2.05, 4.69) is 4.98 Å². The van der Waals surface area contributed by atoms with Crippen molar-refractivity contribution in [3.8, 4) is 11.4 Å². The number of aromatic nitrogens is 2. The van der Waals surface area contributed by atoms with E-state index in [1.807, 2.05) is 18.2 Å². The van der Waals surface area contributed by atoms with Crippen molar-refractivity contribution in [2.45, 2.75) is 25.7 Å². The van der Waals surface area contributed by atoms with Crippen molar-refractivity contribution in [2.24, 2.45) is 0 Å². The highest BCUT2D eigenvalue weighted by atomic mass is 32.1. The van der Waals surface area contributed by atoms with Crippen LogP contribution in [0.2, 0.25) is 0 Å². The van der Waals surface area contributed by atoms with Crippen molar-refractivity contribution < 1.29 is 4.79 Å². The van der Waals surface area contributed by atoms with Crippen LogP contribution in [0.15, 0.2) is 29.1 Å². The average Bonchev–Trinajstić information content (AvgIpc) is 3.05. The molecule has 4 nitrogen and oxygen atoms in total. The molecule has 108 valence electrons. The lowest BCUT2D eigenvalue weighted by molar-refractivity contribution is 0.0973. The van der Waals surface area contributed by atoms with Gasteiger partial charge in [0.2, 0.25) is 0 Å². The van der Waals surface area contributed by atoms with E-state index in [0.717, 1.165) is 41.6 Å². The summed E-state index contributed by atoms with van der Waals surface area (Å²) in [5.74, 6) is 0.429. The largest absolute Gasteiger partial charge is 0.282 e. The Bertz CT molecular complexity index is 1030. The molecule has 3 aromatic rings. The quantitative estimate of drug-likeness (QED) is 0.502. The van der Waals surface area contributed by atoms with Gasteiger partial charge in [0.1, 0.15) is 4.83 Å². The molecule has 0 fully saturated rings. The third-order valence-electron chi connectivity index (χ3n) is 4.59. The van der Waals surface area contributed by atoms with Crippen molar-refractivity contribution in [1.29, 1.82) is 0 Å². The summed E-state index contributed by atoms with van der Waals surface area (Å²) < 4.78 is 1.64. The first-order valence-electron chi connectivity index (χ1n) is 7.47. The standard InChI is InChI=1S/C17H12N2O2S/c20-15-13-11-7-3-4-8-12(11)22-17(13)19-14(18-15)9-5-1-2-6-10(9)16(19)21/h1-2,5-6H,3-4,7-8H2. The van der Waals surface area contributed by atoms with Gasteiger partial charge in [0.15, 0.2) is 5.82 Å². The van der Waals surface area contributed by atoms with Crippen molar-refractivity contribution in [3.63, 3.8) is 0 Å². The number of aryl methyl sites for hydroxylation is 2. The van der Waals surface area contributed by atoms with Crippen LogP contribution >= 0.6 is 11.3 Å². The van der Waals surface area contributed by atoms with Crippen LogP contribution in [0.3, 0.4) is 0 Å². The molecule has 5 heteroatoms. The third kappa shape index (κ3) is 1.39. The van der Waals surface area contributed by atoms with Gasteiger partial charge in [-0.25, -0.2) is 4.57 Å². The van der Waals surface area contributed by atoms with Crippen LogP contribution in [0.4, 0.5) is 0 Å². The van der Waals surface area contributed by atoms with E-state index in [-0.39, 0.29) is 11.5 Å². The number of thiophene rings is 1. The Morgan fingerprint density at radius 3 is 2.68 bits per heavy atom. The zero-order chi connectivity index (χ0) is 14.8. The summed E-state index contributed by atoms with van der Waals surface area (Å²) in [5.41, 5.74) is 2.33. The first kappa shape index (κ1) is 12.3. The first-order chi connectivity index (χ1) is 10.8. The van der Waals surface area contributed by atoms with E-state index in [1.54, 1.807) is 22.0 Å². The number of fused-ring (bicyclic) bond motifs is 7. The number of benzene rings is 1. The molecule has 0 radical (unpaired) electrons. The minimum Gasteiger partial charge on any atom is -0.268 e. The number of nitrogens with zero attached hydrogens (tertiary/aromatic N) is 2. The Hall–Kier alpha value is -2.27. The van der Waals surface area contributed by atoms with Crippen LogP contribution in [-0.2, 0) is 12.8 Å². The van der Waals surface area contributed by atoms with E-state index in [4.69, 9.17) is 0 Å². The Kier molecular flexibility index (Phi) is 2.31. The maximum absolute atomic E-state index is 12.8. The molecule has 0 bridgehead atoms. The van der Waals surface area contributed by atoms with Gasteiger partial charge in [-0.05, 0) is 37.3 Å². The molecule has 2 aliphatic rings. The van der Waals surface area contributed by atoms with Crippen LogP contribution in [0.5, 0.6) is 0 Å². The van der Waals surface area contributed by atoms with Gasteiger partial charge >= 0.3 is 0 Å². The molecule has 3 heterocycles. The summed E-state index contributed by atoms with van der Waals surface area (Å²) in [7, 11) is 0. The molecule has 1 aromatic carbocycles. The highest BCUT2D eigenvalue weighted by Gasteiger charge is 2.31. The zero-order valence-electron chi connectivity index (χ0n) is 11.8. The molecule has 0 atom stereocenters. The van der Waals surface area contributed by atoms with Gasteiger partial charge in [-0.3, -0.25) is 9.59 Å².